The van der Waals surface area contributed by atoms with Gasteiger partial charge in [-0.15, -0.1) is 0 Å². The van der Waals surface area contributed by atoms with Crippen molar-refractivity contribution in [3.05, 3.63) is 82.9 Å². The number of methoxy groups -OCH3 is 1. The lowest BCUT2D eigenvalue weighted by molar-refractivity contribution is -0.101. The zero-order chi connectivity index (χ0) is 31.8. The van der Waals surface area contributed by atoms with E-state index in [1.54, 1.807) is 0 Å². The SMILES string of the molecule is COc1cc(C(=O)NCC(O)(c2cc3c(c(-c4ccc(F)cc4)n2)OCC3(CF)CF)C(F)F)cc2cc(C(F)F)cnc12. The number of halogens is 7. The quantitative estimate of drug-likeness (QED) is 0.216. The lowest BCUT2D eigenvalue weighted by atomic mass is 9.83. The highest BCUT2D eigenvalue weighted by Crippen LogP contribution is 2.46. The lowest BCUT2D eigenvalue weighted by Gasteiger charge is -2.29. The molecule has 2 aromatic carbocycles. The van der Waals surface area contributed by atoms with Crippen molar-refractivity contribution in [2.24, 2.45) is 0 Å². The Morgan fingerprint density at radius 2 is 1.82 bits per heavy atom. The molecule has 232 valence electrons. The number of carbonyl (C=O) groups excluding carboxylic acids is 1. The van der Waals surface area contributed by atoms with Crippen molar-refractivity contribution >= 4 is 16.8 Å². The van der Waals surface area contributed by atoms with Crippen LogP contribution in [0.2, 0.25) is 0 Å². The van der Waals surface area contributed by atoms with Crippen LogP contribution in [-0.4, -0.2) is 61.0 Å². The van der Waals surface area contributed by atoms with E-state index in [2.05, 4.69) is 15.3 Å². The van der Waals surface area contributed by atoms with Crippen LogP contribution < -0.4 is 14.8 Å². The minimum atomic E-state index is -3.58. The third-order valence-electron chi connectivity index (χ3n) is 7.49. The van der Waals surface area contributed by atoms with Crippen molar-refractivity contribution in [3.63, 3.8) is 0 Å². The number of pyridine rings is 2. The van der Waals surface area contributed by atoms with Gasteiger partial charge in [0.25, 0.3) is 18.8 Å². The number of aromatic nitrogens is 2. The largest absolute Gasteiger partial charge is 0.494 e. The summed E-state index contributed by atoms with van der Waals surface area (Å²) in [4.78, 5) is 21.2. The number of nitrogens with zero attached hydrogens (tertiary/aromatic N) is 2. The first kappa shape index (κ1) is 31.0. The van der Waals surface area contributed by atoms with Crippen LogP contribution in [0, 0.1) is 5.82 Å². The van der Waals surface area contributed by atoms with Gasteiger partial charge in [0.2, 0.25) is 0 Å². The summed E-state index contributed by atoms with van der Waals surface area (Å²) < 4.78 is 108. The van der Waals surface area contributed by atoms with Gasteiger partial charge in [0.15, 0.2) is 5.60 Å². The van der Waals surface area contributed by atoms with Gasteiger partial charge in [-0.3, -0.25) is 9.78 Å². The van der Waals surface area contributed by atoms with Crippen LogP contribution in [0.15, 0.2) is 54.7 Å². The normalized spacial score (nSPS) is 15.2. The molecule has 14 heteroatoms. The molecular weight excluding hydrogens is 599 g/mol. The average Bonchev–Trinajstić information content (AvgIpc) is 3.41. The van der Waals surface area contributed by atoms with Gasteiger partial charge >= 0.3 is 0 Å². The van der Waals surface area contributed by atoms with Gasteiger partial charge < -0.3 is 19.9 Å². The Kier molecular flexibility index (Phi) is 8.38. The highest BCUT2D eigenvalue weighted by molar-refractivity contribution is 6.00. The highest BCUT2D eigenvalue weighted by Gasteiger charge is 2.48. The smallest absolute Gasteiger partial charge is 0.274 e. The lowest BCUT2D eigenvalue weighted by Crippen LogP contribution is -2.46. The molecule has 0 spiro atoms. The highest BCUT2D eigenvalue weighted by atomic mass is 19.3. The molecule has 1 atom stereocenters. The second kappa shape index (κ2) is 11.9. The molecule has 2 N–H and O–H groups in total. The Labute approximate surface area is 245 Å². The fourth-order valence-electron chi connectivity index (χ4n) is 4.88. The van der Waals surface area contributed by atoms with E-state index in [-0.39, 0.29) is 44.8 Å². The van der Waals surface area contributed by atoms with Gasteiger partial charge in [-0.05, 0) is 48.5 Å². The molecule has 1 unspecified atom stereocenters. The van der Waals surface area contributed by atoms with Crippen LogP contribution in [0.5, 0.6) is 11.5 Å². The predicted molar refractivity (Wildman–Crippen MR) is 144 cm³/mol. The summed E-state index contributed by atoms with van der Waals surface area (Å²) >= 11 is 0. The van der Waals surface area contributed by atoms with E-state index in [9.17, 15) is 40.6 Å². The van der Waals surface area contributed by atoms with E-state index < -0.39 is 73.3 Å². The summed E-state index contributed by atoms with van der Waals surface area (Å²) in [5.41, 5.74) is -6.43. The van der Waals surface area contributed by atoms with Gasteiger partial charge in [0.1, 0.15) is 48.5 Å². The molecule has 0 saturated carbocycles. The zero-order valence-corrected chi connectivity index (χ0v) is 22.9. The molecule has 0 bridgehead atoms. The number of fused-ring (bicyclic) bond motifs is 2. The first-order chi connectivity index (χ1) is 21.0. The minimum absolute atomic E-state index is 0.0376. The molecule has 2 aromatic heterocycles. The van der Waals surface area contributed by atoms with Crippen LogP contribution in [0.3, 0.4) is 0 Å². The van der Waals surface area contributed by atoms with Gasteiger partial charge in [0, 0.05) is 33.8 Å². The zero-order valence-electron chi connectivity index (χ0n) is 22.9. The number of benzene rings is 2. The summed E-state index contributed by atoms with van der Waals surface area (Å²) in [7, 11) is 1.26. The second-order valence-electron chi connectivity index (χ2n) is 10.3. The molecule has 4 aromatic rings. The van der Waals surface area contributed by atoms with Crippen molar-refractivity contribution in [3.8, 4) is 22.8 Å². The summed E-state index contributed by atoms with van der Waals surface area (Å²) in [6, 6.07) is 9.02. The van der Waals surface area contributed by atoms with E-state index >= 15 is 0 Å². The predicted octanol–water partition coefficient (Wildman–Crippen LogP) is 5.83. The second-order valence-corrected chi connectivity index (χ2v) is 10.3. The van der Waals surface area contributed by atoms with E-state index in [0.717, 1.165) is 30.5 Å². The van der Waals surface area contributed by atoms with Crippen LogP contribution in [0.25, 0.3) is 22.2 Å². The average molecular weight is 624 g/mol. The monoisotopic (exact) mass is 623 g/mol. The molecule has 7 nitrogen and oxygen atoms in total. The Bertz CT molecular complexity index is 1700. The molecule has 44 heavy (non-hydrogen) atoms. The van der Waals surface area contributed by atoms with Crippen LogP contribution in [0.1, 0.15) is 33.6 Å². The van der Waals surface area contributed by atoms with Crippen molar-refractivity contribution in [2.75, 3.05) is 33.6 Å². The van der Waals surface area contributed by atoms with E-state index in [0.29, 0.717) is 0 Å². The molecule has 1 aliphatic heterocycles. The number of nitrogens with one attached hydrogen (secondary N) is 1. The Morgan fingerprint density at radius 3 is 2.43 bits per heavy atom. The van der Waals surface area contributed by atoms with E-state index in [4.69, 9.17) is 9.47 Å². The standard InChI is InChI=1S/C30H24F7N3O4/c1-43-21-8-17(6-16-7-18(26(34)35)10-38-23(16)21)27(41)39-13-30(42,28(36)37)22-9-20-25(44-14-29(20,11-31)12-32)24(40-22)15-2-4-19(33)5-3-15/h2-10,26,28,42H,11-14H2,1H3,(H,39,41). The molecule has 0 saturated heterocycles. The Morgan fingerprint density at radius 1 is 1.11 bits per heavy atom. The van der Waals surface area contributed by atoms with Gasteiger partial charge in [0.05, 0.1) is 24.8 Å². The third-order valence-corrected chi connectivity index (χ3v) is 7.49. The maximum atomic E-state index is 14.6. The fourth-order valence-corrected chi connectivity index (χ4v) is 4.88. The van der Waals surface area contributed by atoms with Gasteiger partial charge in [-0.25, -0.2) is 35.7 Å². The number of carbonyl (C=O) groups is 1. The fraction of sp³-hybridized carbons (Fsp3) is 0.300. The van der Waals surface area contributed by atoms with Crippen LogP contribution >= 0.6 is 0 Å². The van der Waals surface area contributed by atoms with Crippen molar-refractivity contribution in [1.29, 1.82) is 0 Å². The number of hydrogen-bond acceptors (Lipinski definition) is 6. The molecule has 3 heterocycles. The summed E-state index contributed by atoms with van der Waals surface area (Å²) in [6.07, 6.45) is -5.48. The first-order valence-corrected chi connectivity index (χ1v) is 13.1. The van der Waals surface area contributed by atoms with Gasteiger partial charge in [-0.1, -0.05) is 0 Å². The molecule has 0 fully saturated rings. The summed E-state index contributed by atoms with van der Waals surface area (Å²) in [6.45, 7) is -4.14. The summed E-state index contributed by atoms with van der Waals surface area (Å²) in [5, 5.41) is 13.6. The number of aliphatic hydroxyl groups is 1. The maximum absolute atomic E-state index is 14.6. The molecule has 0 aliphatic carbocycles. The third kappa shape index (κ3) is 5.38. The molecule has 1 aliphatic rings. The van der Waals surface area contributed by atoms with E-state index in [1.807, 2.05) is 0 Å². The molecule has 5 rings (SSSR count). The molecule has 1 amide bonds. The molecular formula is C30H24F7N3O4. The van der Waals surface area contributed by atoms with Crippen LogP contribution in [0.4, 0.5) is 30.7 Å². The number of alkyl halides is 6. The van der Waals surface area contributed by atoms with Crippen molar-refractivity contribution < 1.29 is 50.1 Å². The Balaban J connectivity index is 1.54. The Hall–Kier alpha value is -4.46. The molecule has 0 radical (unpaired) electrons. The first-order valence-electron chi connectivity index (χ1n) is 13.1. The van der Waals surface area contributed by atoms with Crippen molar-refractivity contribution in [1.82, 2.24) is 15.3 Å². The number of ether oxygens (including phenoxy) is 2. The maximum Gasteiger partial charge on any atom is 0.274 e. The van der Waals surface area contributed by atoms with Gasteiger partial charge in [-0.2, -0.15) is 0 Å². The van der Waals surface area contributed by atoms with Crippen molar-refractivity contribution in [2.45, 2.75) is 23.9 Å². The number of hydrogen-bond donors (Lipinski definition) is 2. The van der Waals surface area contributed by atoms with E-state index in [1.165, 1.54) is 31.4 Å². The number of rotatable bonds is 10. The minimum Gasteiger partial charge on any atom is -0.494 e. The number of amides is 1. The summed E-state index contributed by atoms with van der Waals surface area (Å²) in [5.74, 6) is -1.69. The topological polar surface area (TPSA) is 93.6 Å². The van der Waals surface area contributed by atoms with Crippen LogP contribution in [-0.2, 0) is 11.0 Å².